The molecule has 3 aromatic rings. The normalized spacial score (nSPS) is 17.5. The van der Waals surface area contributed by atoms with Crippen LogP contribution in [-0.2, 0) is 6.18 Å². The number of pyridine rings is 1. The summed E-state index contributed by atoms with van der Waals surface area (Å²) in [5, 5.41) is 10.0. The number of β-amino-alcohol motifs (C(OH)–C–C–N with tert-alkyl or cyclic N) is 1. The molecular formula is C19H15ClF3N3O2. The zero-order chi connectivity index (χ0) is 20.1. The third-order valence-electron chi connectivity index (χ3n) is 4.76. The lowest BCUT2D eigenvalue weighted by Gasteiger charge is -2.21. The second-order valence-corrected chi connectivity index (χ2v) is 7.04. The maximum Gasteiger partial charge on any atom is 0.416 e. The van der Waals surface area contributed by atoms with Crippen LogP contribution in [0.1, 0.15) is 12.0 Å². The topological polar surface area (TPSA) is 57.8 Å². The zero-order valence-electron chi connectivity index (χ0n) is 14.4. The van der Waals surface area contributed by atoms with E-state index >= 15 is 0 Å². The maximum atomic E-state index is 13.3. The molecule has 0 spiro atoms. The van der Waals surface area contributed by atoms with Crippen LogP contribution in [0.15, 0.2) is 47.4 Å². The molecule has 1 aliphatic heterocycles. The van der Waals surface area contributed by atoms with Gasteiger partial charge < -0.3 is 10.0 Å². The Morgan fingerprint density at radius 2 is 1.96 bits per heavy atom. The van der Waals surface area contributed by atoms with Gasteiger partial charge in [-0.25, -0.2) is 0 Å². The van der Waals surface area contributed by atoms with Crippen molar-refractivity contribution in [3.63, 3.8) is 0 Å². The second kappa shape index (κ2) is 6.79. The van der Waals surface area contributed by atoms with Crippen molar-refractivity contribution in [3.8, 4) is 11.1 Å². The van der Waals surface area contributed by atoms with Gasteiger partial charge in [-0.15, -0.1) is 0 Å². The molecule has 1 aliphatic rings. The van der Waals surface area contributed by atoms with Gasteiger partial charge in [0.15, 0.2) is 0 Å². The van der Waals surface area contributed by atoms with E-state index in [-0.39, 0.29) is 28.6 Å². The fraction of sp³-hybridized carbons (Fsp3) is 0.263. The van der Waals surface area contributed by atoms with E-state index < -0.39 is 23.4 Å². The Morgan fingerprint density at radius 3 is 2.61 bits per heavy atom. The first-order chi connectivity index (χ1) is 13.3. The molecule has 1 aromatic carbocycles. The molecule has 0 radical (unpaired) electrons. The first-order valence-corrected chi connectivity index (χ1v) is 8.95. The van der Waals surface area contributed by atoms with E-state index in [4.69, 9.17) is 11.6 Å². The lowest BCUT2D eigenvalue weighted by atomic mass is 10.0. The van der Waals surface area contributed by atoms with Crippen LogP contribution >= 0.6 is 11.6 Å². The molecule has 2 aromatic heterocycles. The summed E-state index contributed by atoms with van der Waals surface area (Å²) in [7, 11) is 0. The molecule has 0 aliphatic carbocycles. The number of aromatic nitrogens is 2. The summed E-state index contributed by atoms with van der Waals surface area (Å²) < 4.78 is 41.4. The average molecular weight is 410 g/mol. The average Bonchev–Trinajstić information content (AvgIpc) is 3.07. The number of halogens is 4. The third-order valence-corrected chi connectivity index (χ3v) is 5.09. The predicted octanol–water partition coefficient (Wildman–Crippen LogP) is 3.60. The molecule has 9 heteroatoms. The Morgan fingerprint density at radius 1 is 1.21 bits per heavy atom. The molecule has 0 bridgehead atoms. The van der Waals surface area contributed by atoms with Gasteiger partial charge in [0.1, 0.15) is 0 Å². The number of alkyl halides is 3. The van der Waals surface area contributed by atoms with E-state index in [2.05, 4.69) is 4.98 Å². The number of benzene rings is 1. The van der Waals surface area contributed by atoms with Crippen LogP contribution in [0.25, 0.3) is 16.6 Å². The van der Waals surface area contributed by atoms with Crippen LogP contribution < -0.4 is 10.5 Å². The Balaban J connectivity index is 2.05. The minimum atomic E-state index is -4.57. The SMILES string of the molecule is O=c1nc(N2CC[C@H](O)C2)n2ccc(C(F)(F)F)cc2c1-c1ccccc1Cl. The Labute approximate surface area is 162 Å². The van der Waals surface area contributed by atoms with Crippen molar-refractivity contribution in [2.75, 3.05) is 18.0 Å². The van der Waals surface area contributed by atoms with Gasteiger partial charge in [-0.1, -0.05) is 29.8 Å². The predicted molar refractivity (Wildman–Crippen MR) is 99.7 cm³/mol. The highest BCUT2D eigenvalue weighted by atomic mass is 35.5. The zero-order valence-corrected chi connectivity index (χ0v) is 15.2. The molecule has 0 unspecified atom stereocenters. The van der Waals surface area contributed by atoms with Crippen LogP contribution in [0.2, 0.25) is 5.02 Å². The largest absolute Gasteiger partial charge is 0.416 e. The Bertz CT molecular complexity index is 1110. The summed E-state index contributed by atoms with van der Waals surface area (Å²) >= 11 is 6.21. The molecule has 1 atom stereocenters. The number of hydrogen-bond donors (Lipinski definition) is 1. The van der Waals surface area contributed by atoms with E-state index in [0.29, 0.717) is 18.5 Å². The lowest BCUT2D eigenvalue weighted by molar-refractivity contribution is -0.137. The monoisotopic (exact) mass is 409 g/mol. The number of aliphatic hydroxyl groups excluding tert-OH is 1. The Hall–Kier alpha value is -2.58. The molecule has 28 heavy (non-hydrogen) atoms. The molecule has 0 saturated carbocycles. The van der Waals surface area contributed by atoms with Gasteiger partial charge in [0.25, 0.3) is 5.56 Å². The van der Waals surface area contributed by atoms with E-state index in [1.54, 1.807) is 29.2 Å². The van der Waals surface area contributed by atoms with Crippen molar-refractivity contribution in [2.24, 2.45) is 0 Å². The minimum absolute atomic E-state index is 0.000181. The van der Waals surface area contributed by atoms with Crippen LogP contribution in [-0.4, -0.2) is 33.7 Å². The molecule has 5 nitrogen and oxygen atoms in total. The van der Waals surface area contributed by atoms with Gasteiger partial charge in [0, 0.05) is 29.9 Å². The smallest absolute Gasteiger partial charge is 0.391 e. The molecule has 4 rings (SSSR count). The van der Waals surface area contributed by atoms with Crippen molar-refractivity contribution in [1.29, 1.82) is 0 Å². The van der Waals surface area contributed by atoms with Crippen molar-refractivity contribution < 1.29 is 18.3 Å². The molecule has 3 heterocycles. The summed E-state index contributed by atoms with van der Waals surface area (Å²) in [6.07, 6.45) is -3.41. The summed E-state index contributed by atoms with van der Waals surface area (Å²) in [5.74, 6) is 0.195. The van der Waals surface area contributed by atoms with Gasteiger partial charge in [0.05, 0.1) is 22.7 Å². The molecular weight excluding hydrogens is 395 g/mol. The number of fused-ring (bicyclic) bond motifs is 1. The highest BCUT2D eigenvalue weighted by Gasteiger charge is 2.32. The summed E-state index contributed by atoms with van der Waals surface area (Å²) in [6, 6.07) is 8.31. The van der Waals surface area contributed by atoms with Crippen LogP contribution in [0.3, 0.4) is 0 Å². The molecule has 1 fully saturated rings. The summed E-state index contributed by atoms with van der Waals surface area (Å²) in [5.41, 5.74) is -1.19. The second-order valence-electron chi connectivity index (χ2n) is 6.63. The molecule has 1 N–H and O–H groups in total. The van der Waals surface area contributed by atoms with Gasteiger partial charge in [-0.3, -0.25) is 9.20 Å². The molecule has 146 valence electrons. The maximum absolute atomic E-state index is 13.3. The third kappa shape index (κ3) is 3.22. The highest BCUT2D eigenvalue weighted by molar-refractivity contribution is 6.33. The van der Waals surface area contributed by atoms with Gasteiger partial charge in [-0.05, 0) is 24.6 Å². The van der Waals surface area contributed by atoms with E-state index in [9.17, 15) is 23.1 Å². The lowest BCUT2D eigenvalue weighted by Crippen LogP contribution is -2.28. The number of anilines is 1. The highest BCUT2D eigenvalue weighted by Crippen LogP contribution is 2.34. The fourth-order valence-corrected chi connectivity index (χ4v) is 3.65. The number of aliphatic hydroxyl groups is 1. The quantitative estimate of drug-likeness (QED) is 0.702. The first-order valence-electron chi connectivity index (χ1n) is 8.57. The summed E-state index contributed by atoms with van der Waals surface area (Å²) in [4.78, 5) is 18.6. The fourth-order valence-electron chi connectivity index (χ4n) is 3.42. The summed E-state index contributed by atoms with van der Waals surface area (Å²) in [6.45, 7) is 0.698. The van der Waals surface area contributed by atoms with Crippen molar-refractivity contribution in [1.82, 2.24) is 9.38 Å². The van der Waals surface area contributed by atoms with Gasteiger partial charge >= 0.3 is 6.18 Å². The van der Waals surface area contributed by atoms with Crippen LogP contribution in [0.4, 0.5) is 19.1 Å². The Kier molecular flexibility index (Phi) is 4.55. The van der Waals surface area contributed by atoms with Crippen LogP contribution in [0.5, 0.6) is 0 Å². The minimum Gasteiger partial charge on any atom is -0.391 e. The number of rotatable bonds is 2. The molecule has 1 saturated heterocycles. The van der Waals surface area contributed by atoms with E-state index in [1.807, 2.05) is 0 Å². The van der Waals surface area contributed by atoms with Crippen molar-refractivity contribution in [3.05, 3.63) is 63.5 Å². The first kappa shape index (κ1) is 18.8. The van der Waals surface area contributed by atoms with Gasteiger partial charge in [0.2, 0.25) is 5.95 Å². The standard InChI is InChI=1S/C19H15ClF3N3O2/c20-14-4-2-1-3-13(14)16-15-9-11(19(21,22)23)5-8-26(15)18(24-17(16)28)25-7-6-12(27)10-25/h1-5,8-9,12,27H,6-7,10H2/t12-/m0/s1. The van der Waals surface area contributed by atoms with E-state index in [1.165, 1.54) is 10.6 Å². The van der Waals surface area contributed by atoms with Crippen molar-refractivity contribution >= 4 is 23.1 Å². The van der Waals surface area contributed by atoms with Crippen LogP contribution in [0, 0.1) is 0 Å². The molecule has 0 amide bonds. The number of hydrogen-bond acceptors (Lipinski definition) is 4. The van der Waals surface area contributed by atoms with E-state index in [0.717, 1.165) is 12.1 Å². The number of nitrogens with zero attached hydrogens (tertiary/aromatic N) is 3. The van der Waals surface area contributed by atoms with Crippen molar-refractivity contribution in [2.45, 2.75) is 18.7 Å². The van der Waals surface area contributed by atoms with Gasteiger partial charge in [-0.2, -0.15) is 18.2 Å².